The molecule has 1 atom stereocenters. The molecule has 0 spiro atoms. The molecule has 3 heterocycles. The van der Waals surface area contributed by atoms with Gasteiger partial charge in [0.1, 0.15) is 22.9 Å². The topological polar surface area (TPSA) is 119 Å². The number of nitrogen functional groups attached to an aromatic ring is 1. The highest BCUT2D eigenvalue weighted by atomic mass is 16.2. The van der Waals surface area contributed by atoms with E-state index in [1.807, 2.05) is 32.0 Å². The third-order valence-electron chi connectivity index (χ3n) is 6.54. The van der Waals surface area contributed by atoms with Crippen LogP contribution in [-0.4, -0.2) is 43.1 Å². The first kappa shape index (κ1) is 26.4. The molecule has 2 amide bonds. The Bertz CT molecular complexity index is 1590. The minimum atomic E-state index is -0.414. The van der Waals surface area contributed by atoms with Crippen molar-refractivity contribution in [2.24, 2.45) is 0 Å². The maximum atomic E-state index is 13.1. The highest BCUT2D eigenvalue weighted by Gasteiger charge is 2.25. The van der Waals surface area contributed by atoms with Crippen LogP contribution in [0.1, 0.15) is 67.0 Å². The lowest BCUT2D eigenvalue weighted by Crippen LogP contribution is -2.29. The number of anilines is 2. The van der Waals surface area contributed by atoms with E-state index in [4.69, 9.17) is 10.7 Å². The molecule has 1 aromatic carbocycles. The monoisotopic (exact) mass is 509 g/mol. The van der Waals surface area contributed by atoms with E-state index in [-0.39, 0.29) is 17.6 Å². The Morgan fingerprint density at radius 3 is 2.61 bits per heavy atom. The van der Waals surface area contributed by atoms with Crippen molar-refractivity contribution in [3.05, 3.63) is 71.6 Å². The molecule has 3 aromatic heterocycles. The fraction of sp³-hybridized carbons (Fsp3) is 0.276. The van der Waals surface area contributed by atoms with Crippen molar-refractivity contribution in [1.29, 1.82) is 0 Å². The first-order chi connectivity index (χ1) is 18.1. The molecule has 0 saturated carbocycles. The van der Waals surface area contributed by atoms with Crippen molar-refractivity contribution in [3.63, 3.8) is 0 Å². The number of carbonyl (C=O) groups is 2. The molecular weight excluding hydrogens is 478 g/mol. The van der Waals surface area contributed by atoms with E-state index in [1.54, 1.807) is 43.0 Å². The summed E-state index contributed by atoms with van der Waals surface area (Å²) in [7, 11) is 1.67. The van der Waals surface area contributed by atoms with Crippen molar-refractivity contribution in [1.82, 2.24) is 24.3 Å². The second-order valence-electron chi connectivity index (χ2n) is 9.46. The molecule has 0 saturated heterocycles. The van der Waals surface area contributed by atoms with Crippen molar-refractivity contribution in [2.75, 3.05) is 18.1 Å². The third kappa shape index (κ3) is 5.06. The minimum Gasteiger partial charge on any atom is -0.382 e. The normalized spacial score (nSPS) is 11.7. The van der Waals surface area contributed by atoms with E-state index < -0.39 is 6.04 Å². The quantitative estimate of drug-likeness (QED) is 0.367. The average Bonchev–Trinajstić information content (AvgIpc) is 3.29. The van der Waals surface area contributed by atoms with Crippen molar-refractivity contribution in [2.45, 2.75) is 46.6 Å². The van der Waals surface area contributed by atoms with Gasteiger partial charge in [-0.1, -0.05) is 25.8 Å². The molecule has 3 N–H and O–H groups in total. The number of nitrogens with one attached hydrogen (secondary N) is 1. The standard InChI is InChI=1S/C29H31N7O2/c1-7-8-24(37)35(6)19(5)28-34-25(26-27(30)32-11-12-36(26)28)20-14-21(16-31-15-20)29(38)33-22-9-10-23(17(2)3)18(4)13-22/h9-17,19H,1-6H3,(H2,30,32)(H,33,38)/t19-/m0/s1. The summed E-state index contributed by atoms with van der Waals surface area (Å²) in [5, 5.41) is 2.96. The fourth-order valence-electron chi connectivity index (χ4n) is 4.43. The molecule has 0 fully saturated rings. The zero-order valence-corrected chi connectivity index (χ0v) is 22.4. The summed E-state index contributed by atoms with van der Waals surface area (Å²) in [5.41, 5.74) is 11.4. The molecule has 0 aliphatic rings. The largest absolute Gasteiger partial charge is 0.382 e. The van der Waals surface area contributed by atoms with Gasteiger partial charge in [-0.05, 0) is 61.9 Å². The smallest absolute Gasteiger partial charge is 0.298 e. The molecule has 194 valence electrons. The summed E-state index contributed by atoms with van der Waals surface area (Å²) in [4.78, 5) is 40.4. The van der Waals surface area contributed by atoms with Crippen LogP contribution in [0.4, 0.5) is 11.5 Å². The second-order valence-corrected chi connectivity index (χ2v) is 9.46. The van der Waals surface area contributed by atoms with E-state index in [1.165, 1.54) is 16.7 Å². The van der Waals surface area contributed by atoms with Crippen LogP contribution in [0.25, 0.3) is 16.8 Å². The van der Waals surface area contributed by atoms with Crippen LogP contribution in [0, 0.1) is 18.8 Å². The first-order valence-electron chi connectivity index (χ1n) is 12.3. The number of aryl methyl sites for hydroxylation is 1. The Hall–Kier alpha value is -4.71. The van der Waals surface area contributed by atoms with Gasteiger partial charge in [-0.15, -0.1) is 0 Å². The van der Waals surface area contributed by atoms with Crippen LogP contribution in [0.5, 0.6) is 0 Å². The number of imidazole rings is 1. The van der Waals surface area contributed by atoms with Crippen molar-refractivity contribution in [3.8, 4) is 23.1 Å². The summed E-state index contributed by atoms with van der Waals surface area (Å²) < 4.78 is 1.80. The first-order valence-corrected chi connectivity index (χ1v) is 12.3. The molecule has 9 heteroatoms. The number of amides is 2. The van der Waals surface area contributed by atoms with E-state index in [0.717, 1.165) is 5.56 Å². The zero-order valence-electron chi connectivity index (χ0n) is 22.4. The maximum absolute atomic E-state index is 13.1. The Morgan fingerprint density at radius 1 is 1.16 bits per heavy atom. The summed E-state index contributed by atoms with van der Waals surface area (Å²) in [5.74, 6) is 5.82. The number of aromatic nitrogens is 4. The lowest BCUT2D eigenvalue weighted by Gasteiger charge is -2.21. The minimum absolute atomic E-state index is 0.270. The van der Waals surface area contributed by atoms with E-state index >= 15 is 0 Å². The zero-order chi connectivity index (χ0) is 27.6. The predicted octanol–water partition coefficient (Wildman–Crippen LogP) is 4.60. The number of benzene rings is 1. The average molecular weight is 510 g/mol. The molecule has 38 heavy (non-hydrogen) atoms. The molecule has 4 aromatic rings. The fourth-order valence-corrected chi connectivity index (χ4v) is 4.43. The van der Waals surface area contributed by atoms with Gasteiger partial charge < -0.3 is 16.0 Å². The van der Waals surface area contributed by atoms with E-state index in [2.05, 4.69) is 41.0 Å². The van der Waals surface area contributed by atoms with Crippen molar-refractivity contribution >= 4 is 28.8 Å². The number of pyridine rings is 1. The van der Waals surface area contributed by atoms with Gasteiger partial charge in [-0.3, -0.25) is 19.0 Å². The van der Waals surface area contributed by atoms with Crippen LogP contribution in [0.15, 0.2) is 49.1 Å². The van der Waals surface area contributed by atoms with E-state index in [9.17, 15) is 9.59 Å². The summed E-state index contributed by atoms with van der Waals surface area (Å²) in [6, 6.07) is 7.21. The van der Waals surface area contributed by atoms with Crippen LogP contribution in [-0.2, 0) is 4.79 Å². The second kappa shape index (κ2) is 10.7. The van der Waals surface area contributed by atoms with Gasteiger partial charge in [0, 0.05) is 43.1 Å². The summed E-state index contributed by atoms with van der Waals surface area (Å²) in [6.07, 6.45) is 6.45. The van der Waals surface area contributed by atoms with Crippen molar-refractivity contribution < 1.29 is 9.59 Å². The lowest BCUT2D eigenvalue weighted by molar-refractivity contribution is -0.125. The number of nitrogens with two attached hydrogens (primary N) is 1. The Kier molecular flexibility index (Phi) is 7.44. The van der Waals surface area contributed by atoms with Gasteiger partial charge in [0.2, 0.25) is 0 Å². The molecule has 0 aliphatic carbocycles. The van der Waals surface area contributed by atoms with Gasteiger partial charge in [0.15, 0.2) is 0 Å². The molecular formula is C29H31N7O2. The molecule has 4 rings (SSSR count). The summed E-state index contributed by atoms with van der Waals surface area (Å²) in [6.45, 7) is 9.79. The molecule has 0 unspecified atom stereocenters. The summed E-state index contributed by atoms with van der Waals surface area (Å²) >= 11 is 0. The molecule has 9 nitrogen and oxygen atoms in total. The molecule has 0 bridgehead atoms. The van der Waals surface area contributed by atoms with Gasteiger partial charge in [-0.25, -0.2) is 9.97 Å². The van der Waals surface area contributed by atoms with Gasteiger partial charge in [0.05, 0.1) is 11.6 Å². The van der Waals surface area contributed by atoms with Crippen LogP contribution in [0.2, 0.25) is 0 Å². The Morgan fingerprint density at radius 2 is 1.92 bits per heavy atom. The highest BCUT2D eigenvalue weighted by Crippen LogP contribution is 2.31. The maximum Gasteiger partial charge on any atom is 0.298 e. The van der Waals surface area contributed by atoms with E-state index in [0.29, 0.717) is 39.8 Å². The molecule has 0 radical (unpaired) electrons. The van der Waals surface area contributed by atoms with Crippen LogP contribution < -0.4 is 11.1 Å². The Balaban J connectivity index is 1.71. The number of nitrogens with zero attached hydrogens (tertiary/aromatic N) is 5. The van der Waals surface area contributed by atoms with Gasteiger partial charge in [0.25, 0.3) is 11.8 Å². The molecule has 0 aliphatic heterocycles. The number of fused-ring (bicyclic) bond motifs is 1. The van der Waals surface area contributed by atoms with Gasteiger partial charge in [-0.2, -0.15) is 0 Å². The van der Waals surface area contributed by atoms with Crippen LogP contribution >= 0.6 is 0 Å². The SMILES string of the molecule is CC#CC(=O)N(C)[C@@H](C)c1nc(-c2cncc(C(=O)Nc3ccc(C(C)C)c(C)c3)c2)c2c(N)nccn12. The predicted molar refractivity (Wildman–Crippen MR) is 148 cm³/mol. The Labute approximate surface area is 222 Å². The number of rotatable bonds is 6. The number of hydrogen-bond acceptors (Lipinski definition) is 6. The lowest BCUT2D eigenvalue weighted by atomic mass is 9.97. The highest BCUT2D eigenvalue weighted by molar-refractivity contribution is 6.05. The number of hydrogen-bond donors (Lipinski definition) is 2. The number of carbonyl (C=O) groups excluding carboxylic acids is 2. The van der Waals surface area contributed by atoms with Crippen LogP contribution in [0.3, 0.4) is 0 Å². The third-order valence-corrected chi connectivity index (χ3v) is 6.54. The van der Waals surface area contributed by atoms with Gasteiger partial charge >= 0.3 is 0 Å².